The first-order chi connectivity index (χ1) is 9.42. The molecule has 3 aromatic rings. The van der Waals surface area contributed by atoms with Crippen LogP contribution in [0.4, 0.5) is 0 Å². The van der Waals surface area contributed by atoms with Crippen LogP contribution in [0.3, 0.4) is 0 Å². The van der Waals surface area contributed by atoms with Gasteiger partial charge in [0.25, 0.3) is 0 Å². The van der Waals surface area contributed by atoms with Gasteiger partial charge < -0.3 is 0 Å². The lowest BCUT2D eigenvalue weighted by atomic mass is 10.1. The summed E-state index contributed by atoms with van der Waals surface area (Å²) in [5.41, 5.74) is 2.34. The Bertz CT molecular complexity index is 743. The Morgan fingerprint density at radius 1 is 0.684 bits per heavy atom. The van der Waals surface area contributed by atoms with E-state index in [1.165, 1.54) is 16.3 Å². The summed E-state index contributed by atoms with van der Waals surface area (Å²) >= 11 is 0. The van der Waals surface area contributed by atoms with Gasteiger partial charge in [0.15, 0.2) is 0 Å². The van der Waals surface area contributed by atoms with Crippen molar-refractivity contribution in [2.45, 2.75) is 6.42 Å². The third-order valence-corrected chi connectivity index (χ3v) is 3.11. The summed E-state index contributed by atoms with van der Waals surface area (Å²) in [6, 6.07) is 25.1. The molecule has 0 radical (unpaired) electrons. The van der Waals surface area contributed by atoms with Gasteiger partial charge in [0.1, 0.15) is 0 Å². The second kappa shape index (κ2) is 5.42. The van der Waals surface area contributed by atoms with Crippen LogP contribution in [0.1, 0.15) is 11.1 Å². The van der Waals surface area contributed by atoms with Crippen molar-refractivity contribution in [2.75, 3.05) is 0 Å². The fourth-order valence-electron chi connectivity index (χ4n) is 2.12. The van der Waals surface area contributed by atoms with Crippen molar-refractivity contribution in [1.82, 2.24) is 0 Å². The van der Waals surface area contributed by atoms with Crippen LogP contribution in [-0.4, -0.2) is 0 Å². The van der Waals surface area contributed by atoms with Crippen molar-refractivity contribution in [2.24, 2.45) is 0 Å². The van der Waals surface area contributed by atoms with Gasteiger partial charge in [-0.15, -0.1) is 0 Å². The standard InChI is InChI=1S/C19H14/c1-2-7-16(8-3-1)9-6-10-17-13-14-18-11-4-5-12-19(18)15-17/h1-5,7-8,11-15H,10H2. The number of fused-ring (bicyclic) bond motifs is 1. The Hall–Kier alpha value is -2.52. The molecular weight excluding hydrogens is 228 g/mol. The molecule has 0 heteroatoms. The van der Waals surface area contributed by atoms with Crippen molar-refractivity contribution >= 4 is 10.8 Å². The summed E-state index contributed by atoms with van der Waals surface area (Å²) in [5.74, 6) is 6.42. The average molecular weight is 242 g/mol. The Kier molecular flexibility index (Phi) is 3.30. The molecule has 0 nitrogen and oxygen atoms in total. The Balaban J connectivity index is 1.81. The summed E-state index contributed by atoms with van der Waals surface area (Å²) in [6.07, 6.45) is 0.791. The predicted octanol–water partition coefficient (Wildman–Crippen LogP) is 4.43. The molecule has 19 heavy (non-hydrogen) atoms. The van der Waals surface area contributed by atoms with Crippen LogP contribution in [-0.2, 0) is 6.42 Å². The molecule has 0 aliphatic heterocycles. The molecular formula is C19H14. The highest BCUT2D eigenvalue weighted by Gasteiger charge is 1.94. The summed E-state index contributed by atoms with van der Waals surface area (Å²) in [5, 5.41) is 2.56. The first kappa shape index (κ1) is 11.6. The molecule has 90 valence electrons. The molecule has 3 aromatic carbocycles. The monoisotopic (exact) mass is 242 g/mol. The number of rotatable bonds is 1. The first-order valence-corrected chi connectivity index (χ1v) is 6.43. The zero-order valence-corrected chi connectivity index (χ0v) is 10.6. The van der Waals surface area contributed by atoms with Gasteiger partial charge in [0.2, 0.25) is 0 Å². The Labute approximate surface area is 113 Å². The zero-order valence-electron chi connectivity index (χ0n) is 10.6. The normalized spacial score (nSPS) is 9.89. The average Bonchev–Trinajstić information content (AvgIpc) is 2.48. The molecule has 3 rings (SSSR count). The molecule has 0 unspecified atom stereocenters. The van der Waals surface area contributed by atoms with Gasteiger partial charge in [-0.1, -0.05) is 72.5 Å². The predicted molar refractivity (Wildman–Crippen MR) is 81.0 cm³/mol. The third kappa shape index (κ3) is 2.84. The third-order valence-electron chi connectivity index (χ3n) is 3.11. The highest BCUT2D eigenvalue weighted by atomic mass is 14.0. The van der Waals surface area contributed by atoms with Crippen molar-refractivity contribution in [3.05, 3.63) is 83.9 Å². The van der Waals surface area contributed by atoms with Crippen molar-refractivity contribution < 1.29 is 0 Å². The topological polar surface area (TPSA) is 0 Å². The van der Waals surface area contributed by atoms with Gasteiger partial charge in [-0.2, -0.15) is 0 Å². The maximum absolute atomic E-state index is 3.23. The largest absolute Gasteiger partial charge is 0.0931 e. The van der Waals surface area contributed by atoms with E-state index < -0.39 is 0 Å². The molecule has 0 saturated heterocycles. The summed E-state index contributed by atoms with van der Waals surface area (Å²) < 4.78 is 0. The number of hydrogen-bond acceptors (Lipinski definition) is 0. The van der Waals surface area contributed by atoms with E-state index in [4.69, 9.17) is 0 Å². The van der Waals surface area contributed by atoms with E-state index in [0.29, 0.717) is 0 Å². The second-order valence-electron chi connectivity index (χ2n) is 4.53. The SMILES string of the molecule is C(#Cc1ccccc1)Cc1ccc2ccccc2c1. The molecule has 0 fully saturated rings. The quantitative estimate of drug-likeness (QED) is 0.554. The Morgan fingerprint density at radius 2 is 1.42 bits per heavy atom. The molecule has 0 aromatic heterocycles. The van der Waals surface area contributed by atoms with E-state index in [9.17, 15) is 0 Å². The molecule has 0 spiro atoms. The van der Waals surface area contributed by atoms with E-state index in [2.05, 4.69) is 54.3 Å². The summed E-state index contributed by atoms with van der Waals surface area (Å²) in [4.78, 5) is 0. The van der Waals surface area contributed by atoms with E-state index in [-0.39, 0.29) is 0 Å². The molecule has 0 aliphatic rings. The maximum atomic E-state index is 3.23. The van der Waals surface area contributed by atoms with E-state index in [0.717, 1.165) is 12.0 Å². The van der Waals surface area contributed by atoms with Crippen molar-refractivity contribution in [3.8, 4) is 11.8 Å². The van der Waals surface area contributed by atoms with Crippen molar-refractivity contribution in [1.29, 1.82) is 0 Å². The Morgan fingerprint density at radius 3 is 2.26 bits per heavy atom. The second-order valence-corrected chi connectivity index (χ2v) is 4.53. The van der Waals surface area contributed by atoms with E-state index in [1.54, 1.807) is 0 Å². The lowest BCUT2D eigenvalue weighted by Crippen LogP contribution is -1.82. The number of benzene rings is 3. The lowest BCUT2D eigenvalue weighted by molar-refractivity contribution is 1.33. The van der Waals surface area contributed by atoms with Crippen LogP contribution < -0.4 is 0 Å². The van der Waals surface area contributed by atoms with Gasteiger partial charge in [0.05, 0.1) is 0 Å². The highest BCUT2D eigenvalue weighted by Crippen LogP contribution is 2.15. The number of hydrogen-bond donors (Lipinski definition) is 0. The first-order valence-electron chi connectivity index (χ1n) is 6.43. The molecule has 0 aliphatic carbocycles. The van der Waals surface area contributed by atoms with Gasteiger partial charge in [-0.25, -0.2) is 0 Å². The molecule has 0 N–H and O–H groups in total. The molecule has 0 saturated carbocycles. The summed E-state index contributed by atoms with van der Waals surface area (Å²) in [6.45, 7) is 0. The van der Waals surface area contributed by atoms with Crippen LogP contribution >= 0.6 is 0 Å². The van der Waals surface area contributed by atoms with Crippen LogP contribution in [0, 0.1) is 11.8 Å². The van der Waals surface area contributed by atoms with Gasteiger partial charge in [-0.05, 0) is 28.5 Å². The minimum Gasteiger partial charge on any atom is -0.0931 e. The molecule has 0 heterocycles. The van der Waals surface area contributed by atoms with Crippen LogP contribution in [0.5, 0.6) is 0 Å². The van der Waals surface area contributed by atoms with Crippen LogP contribution in [0.25, 0.3) is 10.8 Å². The fraction of sp³-hybridized carbons (Fsp3) is 0.0526. The van der Waals surface area contributed by atoms with Crippen LogP contribution in [0.15, 0.2) is 72.8 Å². The van der Waals surface area contributed by atoms with Gasteiger partial charge in [0, 0.05) is 12.0 Å². The van der Waals surface area contributed by atoms with Crippen molar-refractivity contribution in [3.63, 3.8) is 0 Å². The molecule has 0 atom stereocenters. The smallest absolute Gasteiger partial charge is 0.0344 e. The minimum atomic E-state index is 0.791. The maximum Gasteiger partial charge on any atom is 0.0344 e. The summed E-state index contributed by atoms with van der Waals surface area (Å²) in [7, 11) is 0. The minimum absolute atomic E-state index is 0.791. The zero-order chi connectivity index (χ0) is 12.9. The van der Waals surface area contributed by atoms with Crippen LogP contribution in [0.2, 0.25) is 0 Å². The van der Waals surface area contributed by atoms with Gasteiger partial charge >= 0.3 is 0 Å². The van der Waals surface area contributed by atoms with E-state index in [1.807, 2.05) is 30.3 Å². The molecule has 0 bridgehead atoms. The fourth-order valence-corrected chi connectivity index (χ4v) is 2.12. The van der Waals surface area contributed by atoms with Gasteiger partial charge in [-0.3, -0.25) is 0 Å². The lowest BCUT2D eigenvalue weighted by Gasteiger charge is -1.99. The van der Waals surface area contributed by atoms with E-state index >= 15 is 0 Å². The highest BCUT2D eigenvalue weighted by molar-refractivity contribution is 5.83. The molecule has 0 amide bonds.